The van der Waals surface area contributed by atoms with Gasteiger partial charge in [0.25, 0.3) is 11.5 Å². The summed E-state index contributed by atoms with van der Waals surface area (Å²) < 4.78 is 5.86. The van der Waals surface area contributed by atoms with E-state index in [4.69, 9.17) is 16.3 Å². The van der Waals surface area contributed by atoms with Crippen molar-refractivity contribution >= 4 is 28.4 Å². The molecule has 0 unspecified atom stereocenters. The van der Waals surface area contributed by atoms with Gasteiger partial charge >= 0.3 is 0 Å². The van der Waals surface area contributed by atoms with Crippen molar-refractivity contribution in [3.05, 3.63) is 105 Å². The molecule has 0 bridgehead atoms. The first-order chi connectivity index (χ1) is 17.0. The number of carbonyl (C=O) groups excluding carboxylic acids is 1. The van der Waals surface area contributed by atoms with Crippen LogP contribution in [0.2, 0.25) is 5.02 Å². The normalized spacial score (nSPS) is 10.7. The molecule has 1 aromatic heterocycles. The summed E-state index contributed by atoms with van der Waals surface area (Å²) in [5, 5.41) is 10.2. The summed E-state index contributed by atoms with van der Waals surface area (Å²) in [6.45, 7) is 2.81. The number of amides is 1. The third kappa shape index (κ3) is 5.68. The Morgan fingerprint density at radius 1 is 1.14 bits per heavy atom. The number of carbonyl (C=O) groups is 1. The van der Waals surface area contributed by atoms with Gasteiger partial charge in [0, 0.05) is 22.7 Å². The van der Waals surface area contributed by atoms with Gasteiger partial charge in [-0.05, 0) is 48.9 Å². The molecule has 176 valence electrons. The third-order valence-electron chi connectivity index (χ3n) is 5.45. The van der Waals surface area contributed by atoms with Crippen molar-refractivity contribution in [3.63, 3.8) is 0 Å². The van der Waals surface area contributed by atoms with Gasteiger partial charge in [-0.15, -0.1) is 0 Å². The Morgan fingerprint density at radius 2 is 1.97 bits per heavy atom. The van der Waals surface area contributed by atoms with E-state index in [2.05, 4.69) is 16.0 Å². The molecule has 0 aliphatic rings. The fourth-order valence-corrected chi connectivity index (χ4v) is 3.92. The molecule has 0 radical (unpaired) electrons. The van der Waals surface area contributed by atoms with Crippen LogP contribution in [0.5, 0.6) is 5.75 Å². The summed E-state index contributed by atoms with van der Waals surface area (Å²) in [4.78, 5) is 34.8. The molecule has 0 fully saturated rings. The maximum atomic E-state index is 13.4. The predicted molar refractivity (Wildman–Crippen MR) is 134 cm³/mol. The minimum absolute atomic E-state index is 0.144. The lowest BCUT2D eigenvalue weighted by atomic mass is 10.1. The number of nitriles is 1. The summed E-state index contributed by atoms with van der Waals surface area (Å²) in [6, 6.07) is 21.2. The number of aromatic nitrogens is 2. The number of ether oxygens (including phenoxy) is 1. The molecule has 35 heavy (non-hydrogen) atoms. The summed E-state index contributed by atoms with van der Waals surface area (Å²) in [5.74, 6) is 0.697. The summed E-state index contributed by atoms with van der Waals surface area (Å²) in [5.41, 5.74) is 1.97. The standard InChI is InChI=1S/C27H23ClN4O3/c1-2-12-32(16-25-30-24-14-21(28)10-11-23(24)26(33)31-25)27(34)18-8-5-9-22(13-18)35-17-20-7-4-3-6-19(20)15-29/h3-11,13-14H,2,12,16-17H2,1H3,(H,30,31,33). The Balaban J connectivity index is 1.54. The monoisotopic (exact) mass is 486 g/mol. The van der Waals surface area contributed by atoms with Crippen molar-refractivity contribution in [2.24, 2.45) is 0 Å². The number of benzene rings is 3. The summed E-state index contributed by atoms with van der Waals surface area (Å²) >= 11 is 6.06. The van der Waals surface area contributed by atoms with Gasteiger partial charge in [0.2, 0.25) is 0 Å². The van der Waals surface area contributed by atoms with Crippen LogP contribution in [-0.2, 0) is 13.2 Å². The van der Waals surface area contributed by atoms with E-state index in [9.17, 15) is 14.9 Å². The molecule has 0 saturated heterocycles. The van der Waals surface area contributed by atoms with Crippen LogP contribution >= 0.6 is 11.6 Å². The molecular formula is C27H23ClN4O3. The van der Waals surface area contributed by atoms with Crippen molar-refractivity contribution in [3.8, 4) is 11.8 Å². The van der Waals surface area contributed by atoms with Gasteiger partial charge < -0.3 is 14.6 Å². The fraction of sp³-hybridized carbons (Fsp3) is 0.185. The zero-order valence-electron chi connectivity index (χ0n) is 19.1. The topological polar surface area (TPSA) is 99.1 Å². The van der Waals surface area contributed by atoms with E-state index in [1.54, 1.807) is 59.5 Å². The van der Waals surface area contributed by atoms with Crippen molar-refractivity contribution in [1.82, 2.24) is 14.9 Å². The SMILES string of the molecule is CCCN(Cc1nc2cc(Cl)ccc2c(=O)[nH]1)C(=O)c1cccc(OCc2ccccc2C#N)c1. The van der Waals surface area contributed by atoms with Crippen LogP contribution in [0.1, 0.15) is 40.7 Å². The van der Waals surface area contributed by atoms with Gasteiger partial charge in [0.1, 0.15) is 18.2 Å². The highest BCUT2D eigenvalue weighted by Crippen LogP contribution is 2.19. The average molecular weight is 487 g/mol. The van der Waals surface area contributed by atoms with Gasteiger partial charge in [-0.1, -0.05) is 42.8 Å². The van der Waals surface area contributed by atoms with Crippen LogP contribution in [0.4, 0.5) is 0 Å². The maximum absolute atomic E-state index is 13.4. The molecule has 4 rings (SSSR count). The Hall–Kier alpha value is -4.15. The van der Waals surface area contributed by atoms with E-state index in [0.717, 1.165) is 12.0 Å². The second-order valence-electron chi connectivity index (χ2n) is 7.99. The molecular weight excluding hydrogens is 464 g/mol. The number of hydrogen-bond acceptors (Lipinski definition) is 5. The van der Waals surface area contributed by atoms with Gasteiger partial charge in [-0.25, -0.2) is 4.98 Å². The van der Waals surface area contributed by atoms with Crippen molar-refractivity contribution in [1.29, 1.82) is 5.26 Å². The molecule has 1 amide bonds. The lowest BCUT2D eigenvalue weighted by Crippen LogP contribution is -2.32. The number of halogens is 1. The van der Waals surface area contributed by atoms with E-state index >= 15 is 0 Å². The lowest BCUT2D eigenvalue weighted by Gasteiger charge is -2.22. The molecule has 4 aromatic rings. The highest BCUT2D eigenvalue weighted by atomic mass is 35.5. The molecule has 0 aliphatic heterocycles. The molecule has 7 nitrogen and oxygen atoms in total. The molecule has 1 N–H and O–H groups in total. The number of nitrogens with zero attached hydrogens (tertiary/aromatic N) is 3. The highest BCUT2D eigenvalue weighted by Gasteiger charge is 2.18. The number of hydrogen-bond donors (Lipinski definition) is 1. The maximum Gasteiger partial charge on any atom is 0.258 e. The summed E-state index contributed by atoms with van der Waals surface area (Å²) in [6.07, 6.45) is 0.733. The van der Waals surface area contributed by atoms with Crippen LogP contribution in [0, 0.1) is 11.3 Å². The van der Waals surface area contributed by atoms with Crippen LogP contribution in [-0.4, -0.2) is 27.3 Å². The molecule has 0 atom stereocenters. The first kappa shape index (κ1) is 24.0. The number of fused-ring (bicyclic) bond motifs is 1. The molecule has 1 heterocycles. The van der Waals surface area contributed by atoms with Gasteiger partial charge in [0.05, 0.1) is 29.1 Å². The second kappa shape index (κ2) is 10.9. The van der Waals surface area contributed by atoms with Gasteiger partial charge in [-0.3, -0.25) is 9.59 Å². The lowest BCUT2D eigenvalue weighted by molar-refractivity contribution is 0.0738. The van der Waals surface area contributed by atoms with Crippen LogP contribution in [0.25, 0.3) is 10.9 Å². The molecule has 0 aliphatic carbocycles. The average Bonchev–Trinajstić information content (AvgIpc) is 2.87. The zero-order valence-corrected chi connectivity index (χ0v) is 19.9. The number of H-pyrrole nitrogens is 1. The Kier molecular flexibility index (Phi) is 7.44. The number of aromatic amines is 1. The van der Waals surface area contributed by atoms with E-state index < -0.39 is 0 Å². The Morgan fingerprint density at radius 3 is 2.77 bits per heavy atom. The largest absolute Gasteiger partial charge is 0.489 e. The van der Waals surface area contributed by atoms with E-state index in [1.165, 1.54) is 0 Å². The van der Waals surface area contributed by atoms with E-state index in [1.807, 2.05) is 19.1 Å². The van der Waals surface area contributed by atoms with Crippen molar-refractivity contribution in [2.45, 2.75) is 26.5 Å². The predicted octanol–water partition coefficient (Wildman–Crippen LogP) is 5.08. The van der Waals surface area contributed by atoms with Crippen LogP contribution in [0.3, 0.4) is 0 Å². The molecule has 8 heteroatoms. The number of rotatable bonds is 8. The third-order valence-corrected chi connectivity index (χ3v) is 5.69. The zero-order chi connectivity index (χ0) is 24.8. The first-order valence-electron chi connectivity index (χ1n) is 11.2. The van der Waals surface area contributed by atoms with Crippen molar-refractivity contribution in [2.75, 3.05) is 6.54 Å². The Labute approximate surface area is 207 Å². The van der Waals surface area contributed by atoms with Gasteiger partial charge in [-0.2, -0.15) is 5.26 Å². The molecule has 0 spiro atoms. The summed E-state index contributed by atoms with van der Waals surface area (Å²) in [7, 11) is 0. The molecule has 3 aromatic carbocycles. The van der Waals surface area contributed by atoms with E-state index in [0.29, 0.717) is 45.2 Å². The van der Waals surface area contributed by atoms with Gasteiger partial charge in [0.15, 0.2) is 0 Å². The highest BCUT2D eigenvalue weighted by molar-refractivity contribution is 6.31. The molecule has 0 saturated carbocycles. The van der Waals surface area contributed by atoms with Crippen molar-refractivity contribution < 1.29 is 9.53 Å². The first-order valence-corrected chi connectivity index (χ1v) is 11.5. The van der Waals surface area contributed by atoms with E-state index in [-0.39, 0.29) is 24.6 Å². The smallest absolute Gasteiger partial charge is 0.258 e. The minimum atomic E-state index is -0.279. The quantitative estimate of drug-likeness (QED) is 0.374. The fourth-order valence-electron chi connectivity index (χ4n) is 3.76. The Bertz CT molecular complexity index is 1480. The second-order valence-corrected chi connectivity index (χ2v) is 8.42. The van der Waals surface area contributed by atoms with Crippen LogP contribution < -0.4 is 10.3 Å². The van der Waals surface area contributed by atoms with Crippen LogP contribution in [0.15, 0.2) is 71.5 Å². The minimum Gasteiger partial charge on any atom is -0.489 e. The number of nitrogens with one attached hydrogen (secondary N) is 1.